The summed E-state index contributed by atoms with van der Waals surface area (Å²) >= 11 is 0. The maximum Gasteiger partial charge on any atom is 0.0900 e. The molecule has 1 aliphatic carbocycles. The summed E-state index contributed by atoms with van der Waals surface area (Å²) in [7, 11) is 0. The molecule has 4 atom stereocenters. The first-order valence-corrected chi connectivity index (χ1v) is 9.27. The lowest BCUT2D eigenvalue weighted by Crippen LogP contribution is -2.44. The Labute approximate surface area is 138 Å². The zero-order valence-corrected chi connectivity index (χ0v) is 15.9. The Bertz CT molecular complexity index is 296. The molecule has 3 nitrogen and oxygen atoms in total. The molecule has 4 unspecified atom stereocenters. The number of aliphatic hydroxyl groups is 1. The van der Waals surface area contributed by atoms with Crippen molar-refractivity contribution in [1.29, 1.82) is 0 Å². The molecule has 0 aromatic carbocycles. The number of ether oxygens (including phenoxy) is 1. The van der Waals surface area contributed by atoms with Gasteiger partial charge in [-0.2, -0.15) is 0 Å². The van der Waals surface area contributed by atoms with Crippen LogP contribution in [-0.2, 0) is 4.74 Å². The molecule has 132 valence electrons. The molecule has 0 aliphatic heterocycles. The third-order valence-corrected chi connectivity index (χ3v) is 5.21. The van der Waals surface area contributed by atoms with E-state index < -0.39 is 6.10 Å². The van der Waals surface area contributed by atoms with Crippen molar-refractivity contribution in [1.82, 2.24) is 4.90 Å². The van der Waals surface area contributed by atoms with Crippen molar-refractivity contribution in [2.24, 2.45) is 17.8 Å². The molecule has 1 rings (SSSR count). The topological polar surface area (TPSA) is 32.7 Å². The number of rotatable bonds is 8. The summed E-state index contributed by atoms with van der Waals surface area (Å²) in [5, 5.41) is 10.4. The average Bonchev–Trinajstić information content (AvgIpc) is 2.41. The SMILES string of the molecule is CC1CCC(C(C)C)C(OCC(O)CN(C(C)C)C(C)C)C1. The molecule has 1 fully saturated rings. The fraction of sp³-hybridized carbons (Fsp3) is 1.00. The zero-order valence-electron chi connectivity index (χ0n) is 15.9. The highest BCUT2D eigenvalue weighted by Gasteiger charge is 2.32. The van der Waals surface area contributed by atoms with Gasteiger partial charge >= 0.3 is 0 Å². The van der Waals surface area contributed by atoms with Crippen molar-refractivity contribution in [3.8, 4) is 0 Å². The predicted octanol–water partition coefficient (Wildman–Crippen LogP) is 3.94. The number of nitrogens with zero attached hydrogens (tertiary/aromatic N) is 1. The van der Waals surface area contributed by atoms with Gasteiger partial charge in [-0.15, -0.1) is 0 Å². The highest BCUT2D eigenvalue weighted by Crippen LogP contribution is 2.35. The average molecular weight is 314 g/mol. The van der Waals surface area contributed by atoms with E-state index in [2.05, 4.69) is 53.4 Å². The summed E-state index contributed by atoms with van der Waals surface area (Å²) < 4.78 is 6.17. The van der Waals surface area contributed by atoms with Gasteiger partial charge < -0.3 is 9.84 Å². The molecule has 0 bridgehead atoms. The van der Waals surface area contributed by atoms with Crippen molar-refractivity contribution in [2.45, 2.75) is 92.0 Å². The standard InChI is InChI=1S/C19H39NO2/c1-13(2)18-9-8-16(7)10-19(18)22-12-17(21)11-20(14(3)4)15(5)6/h13-19,21H,8-12H2,1-7H3. The summed E-state index contributed by atoms with van der Waals surface area (Å²) in [6.07, 6.45) is 3.66. The highest BCUT2D eigenvalue weighted by atomic mass is 16.5. The molecule has 0 saturated heterocycles. The Morgan fingerprint density at radius 1 is 1.05 bits per heavy atom. The number of hydrogen-bond donors (Lipinski definition) is 1. The minimum absolute atomic E-state index is 0.324. The molecule has 1 aliphatic rings. The summed E-state index contributed by atoms with van der Waals surface area (Å²) in [4.78, 5) is 2.33. The Kier molecular flexibility index (Phi) is 8.37. The lowest BCUT2D eigenvalue weighted by atomic mass is 9.75. The number of hydrogen-bond acceptors (Lipinski definition) is 3. The van der Waals surface area contributed by atoms with Crippen LogP contribution >= 0.6 is 0 Å². The molecule has 0 aromatic heterocycles. The van der Waals surface area contributed by atoms with E-state index in [9.17, 15) is 5.11 Å². The summed E-state index contributed by atoms with van der Waals surface area (Å²) in [6, 6.07) is 0.903. The maximum atomic E-state index is 10.4. The van der Waals surface area contributed by atoms with Crippen LogP contribution < -0.4 is 0 Å². The van der Waals surface area contributed by atoms with Crippen LogP contribution in [0.5, 0.6) is 0 Å². The Morgan fingerprint density at radius 3 is 2.14 bits per heavy atom. The first kappa shape index (κ1) is 19.9. The molecular weight excluding hydrogens is 274 g/mol. The maximum absolute atomic E-state index is 10.4. The van der Waals surface area contributed by atoms with Gasteiger partial charge in [-0.3, -0.25) is 4.90 Å². The second kappa shape index (κ2) is 9.24. The first-order valence-electron chi connectivity index (χ1n) is 9.27. The van der Waals surface area contributed by atoms with E-state index in [1.165, 1.54) is 12.8 Å². The third-order valence-electron chi connectivity index (χ3n) is 5.21. The molecular formula is C19H39NO2. The lowest BCUT2D eigenvalue weighted by molar-refractivity contribution is -0.0767. The first-order chi connectivity index (χ1) is 10.2. The van der Waals surface area contributed by atoms with Crippen molar-refractivity contribution < 1.29 is 9.84 Å². The fourth-order valence-electron chi connectivity index (χ4n) is 3.86. The van der Waals surface area contributed by atoms with Gasteiger partial charge in [0.25, 0.3) is 0 Å². The van der Waals surface area contributed by atoms with Gasteiger partial charge in [-0.1, -0.05) is 27.2 Å². The van der Waals surface area contributed by atoms with E-state index in [-0.39, 0.29) is 0 Å². The van der Waals surface area contributed by atoms with Crippen LogP contribution in [0.4, 0.5) is 0 Å². The van der Waals surface area contributed by atoms with Crippen LogP contribution in [-0.4, -0.2) is 47.4 Å². The van der Waals surface area contributed by atoms with Gasteiger partial charge in [-0.25, -0.2) is 0 Å². The predicted molar refractivity (Wildman–Crippen MR) is 94.1 cm³/mol. The van der Waals surface area contributed by atoms with Gasteiger partial charge in [0.05, 0.1) is 18.8 Å². The van der Waals surface area contributed by atoms with Crippen LogP contribution in [0.1, 0.15) is 67.7 Å². The molecule has 1 N–H and O–H groups in total. The van der Waals surface area contributed by atoms with Gasteiger partial charge in [0.15, 0.2) is 0 Å². The van der Waals surface area contributed by atoms with Gasteiger partial charge in [0, 0.05) is 18.6 Å². The van der Waals surface area contributed by atoms with Gasteiger partial charge in [0.2, 0.25) is 0 Å². The normalized spacial score (nSPS) is 28.1. The molecule has 0 heterocycles. The van der Waals surface area contributed by atoms with Crippen molar-refractivity contribution in [3.63, 3.8) is 0 Å². The monoisotopic (exact) mass is 313 g/mol. The summed E-state index contributed by atoms with van der Waals surface area (Å²) in [5.41, 5.74) is 0. The third kappa shape index (κ3) is 6.17. The van der Waals surface area contributed by atoms with Crippen molar-refractivity contribution in [3.05, 3.63) is 0 Å². The van der Waals surface area contributed by atoms with E-state index in [1.54, 1.807) is 0 Å². The molecule has 22 heavy (non-hydrogen) atoms. The molecule has 0 aromatic rings. The van der Waals surface area contributed by atoms with Crippen LogP contribution in [0.3, 0.4) is 0 Å². The van der Waals surface area contributed by atoms with Crippen molar-refractivity contribution in [2.75, 3.05) is 13.2 Å². The lowest BCUT2D eigenvalue weighted by Gasteiger charge is -2.38. The Morgan fingerprint density at radius 2 is 1.64 bits per heavy atom. The van der Waals surface area contributed by atoms with Crippen LogP contribution in [0.2, 0.25) is 0 Å². The van der Waals surface area contributed by atoms with E-state index >= 15 is 0 Å². The molecule has 0 amide bonds. The minimum Gasteiger partial charge on any atom is -0.389 e. The van der Waals surface area contributed by atoms with Crippen LogP contribution in [0.25, 0.3) is 0 Å². The second-order valence-electron chi connectivity index (χ2n) is 8.24. The van der Waals surface area contributed by atoms with Crippen molar-refractivity contribution >= 4 is 0 Å². The molecule has 3 heteroatoms. The molecule has 0 spiro atoms. The van der Waals surface area contributed by atoms with Crippen LogP contribution in [0.15, 0.2) is 0 Å². The van der Waals surface area contributed by atoms with Gasteiger partial charge in [0.1, 0.15) is 0 Å². The Hall–Kier alpha value is -0.120. The Balaban J connectivity index is 2.48. The quantitative estimate of drug-likeness (QED) is 0.736. The molecule has 0 radical (unpaired) electrons. The van der Waals surface area contributed by atoms with E-state index in [0.717, 1.165) is 12.3 Å². The van der Waals surface area contributed by atoms with E-state index in [4.69, 9.17) is 4.74 Å². The van der Waals surface area contributed by atoms with Gasteiger partial charge in [-0.05, 0) is 58.3 Å². The zero-order chi connectivity index (χ0) is 16.9. The summed E-state index contributed by atoms with van der Waals surface area (Å²) in [6.45, 7) is 16.8. The largest absolute Gasteiger partial charge is 0.389 e. The smallest absolute Gasteiger partial charge is 0.0900 e. The minimum atomic E-state index is -0.394. The second-order valence-corrected chi connectivity index (χ2v) is 8.24. The molecule has 1 saturated carbocycles. The van der Waals surface area contributed by atoms with E-state index in [0.29, 0.717) is 43.2 Å². The highest BCUT2D eigenvalue weighted by molar-refractivity contribution is 4.82. The number of aliphatic hydroxyl groups excluding tert-OH is 1. The fourth-order valence-corrected chi connectivity index (χ4v) is 3.86. The van der Waals surface area contributed by atoms with Crippen LogP contribution in [0, 0.1) is 17.8 Å². The van der Waals surface area contributed by atoms with E-state index in [1.807, 2.05) is 0 Å². The summed E-state index contributed by atoms with van der Waals surface area (Å²) in [5.74, 6) is 2.06.